The van der Waals surface area contributed by atoms with Crippen LogP contribution in [0.15, 0.2) is 68.3 Å². The highest BCUT2D eigenvalue weighted by molar-refractivity contribution is 7.89. The van der Waals surface area contributed by atoms with E-state index in [1.165, 1.54) is 28.6 Å². The minimum Gasteiger partial charge on any atom is -0.451 e. The number of hydrogen-bond donors (Lipinski definition) is 1. The van der Waals surface area contributed by atoms with Crippen LogP contribution in [0.1, 0.15) is 10.4 Å². The zero-order valence-corrected chi connectivity index (χ0v) is 17.5. The summed E-state index contributed by atoms with van der Waals surface area (Å²) in [6, 6.07) is 14.8. The topological polar surface area (TPSA) is 128 Å². The van der Waals surface area contributed by atoms with Gasteiger partial charge in [-0.2, -0.15) is 4.31 Å². The van der Waals surface area contributed by atoms with Gasteiger partial charge in [0.1, 0.15) is 5.58 Å². The van der Waals surface area contributed by atoms with E-state index in [-0.39, 0.29) is 22.4 Å². The van der Waals surface area contributed by atoms with Gasteiger partial charge in [0.2, 0.25) is 10.0 Å². The minimum atomic E-state index is -3.63. The fourth-order valence-electron chi connectivity index (χ4n) is 3.34. The van der Waals surface area contributed by atoms with Gasteiger partial charge < -0.3 is 13.6 Å². The minimum absolute atomic E-state index is 0.101. The van der Waals surface area contributed by atoms with E-state index in [2.05, 4.69) is 15.5 Å². The first-order chi connectivity index (χ1) is 15.5. The Balaban J connectivity index is 1.29. The van der Waals surface area contributed by atoms with Crippen molar-refractivity contribution in [2.24, 2.45) is 0 Å². The van der Waals surface area contributed by atoms with E-state index in [0.717, 1.165) is 5.39 Å². The second-order valence-corrected chi connectivity index (χ2v) is 8.99. The summed E-state index contributed by atoms with van der Waals surface area (Å²) in [4.78, 5) is 12.6. The van der Waals surface area contributed by atoms with Crippen LogP contribution in [0.2, 0.25) is 0 Å². The van der Waals surface area contributed by atoms with E-state index in [4.69, 9.17) is 13.6 Å². The first-order valence-electron chi connectivity index (χ1n) is 9.82. The molecule has 11 heteroatoms. The first kappa shape index (κ1) is 20.4. The second kappa shape index (κ2) is 8.19. The highest BCUT2D eigenvalue weighted by Crippen LogP contribution is 2.27. The highest BCUT2D eigenvalue weighted by Gasteiger charge is 2.26. The van der Waals surface area contributed by atoms with Crippen LogP contribution in [0.4, 0.5) is 6.01 Å². The molecule has 2 aromatic heterocycles. The lowest BCUT2D eigenvalue weighted by Crippen LogP contribution is -2.40. The van der Waals surface area contributed by atoms with Gasteiger partial charge in [0.05, 0.1) is 18.1 Å². The van der Waals surface area contributed by atoms with Crippen molar-refractivity contribution in [3.8, 4) is 11.7 Å². The Labute approximate surface area is 182 Å². The van der Waals surface area contributed by atoms with Gasteiger partial charge >= 0.3 is 6.01 Å². The molecule has 0 atom stereocenters. The molecule has 0 spiro atoms. The quantitative estimate of drug-likeness (QED) is 0.488. The molecule has 32 heavy (non-hydrogen) atoms. The number of ether oxygens (including phenoxy) is 1. The summed E-state index contributed by atoms with van der Waals surface area (Å²) in [5.41, 5.74) is 0.924. The van der Waals surface area contributed by atoms with Crippen LogP contribution in [-0.2, 0) is 14.8 Å². The Bertz CT molecular complexity index is 1340. The number of para-hydroxylation sites is 1. The highest BCUT2D eigenvalue weighted by atomic mass is 32.2. The third kappa shape index (κ3) is 3.88. The Hall–Kier alpha value is -3.54. The number of carbonyl (C=O) groups excluding carboxylic acids is 1. The summed E-state index contributed by atoms with van der Waals surface area (Å²) in [5, 5.41) is 11.1. The molecule has 0 unspecified atom stereocenters. The molecule has 0 aliphatic carbocycles. The van der Waals surface area contributed by atoms with Crippen molar-refractivity contribution in [2.75, 3.05) is 31.6 Å². The maximum atomic E-state index is 12.7. The van der Waals surface area contributed by atoms with Crippen LogP contribution in [0.5, 0.6) is 0 Å². The lowest BCUT2D eigenvalue weighted by Gasteiger charge is -2.26. The normalized spacial score (nSPS) is 15.1. The number of fused-ring (bicyclic) bond motifs is 1. The van der Waals surface area contributed by atoms with E-state index >= 15 is 0 Å². The number of aromatic nitrogens is 2. The molecule has 1 N–H and O–H groups in total. The van der Waals surface area contributed by atoms with Crippen LogP contribution in [-0.4, -0.2) is 55.1 Å². The standard InChI is InChI=1S/C21H18N4O6S/c26-19(14-5-7-16(8-6-14)32(27,28)25-9-11-29-12-10-25)22-21-24-23-20(31-21)18-13-15-3-1-2-4-17(15)30-18/h1-8,13H,9-12H2,(H,22,24,26). The molecule has 1 saturated heterocycles. The molecule has 0 radical (unpaired) electrons. The molecular weight excluding hydrogens is 436 g/mol. The van der Waals surface area contributed by atoms with Crippen molar-refractivity contribution >= 4 is 32.9 Å². The third-order valence-corrected chi connectivity index (χ3v) is 6.92. The zero-order chi connectivity index (χ0) is 22.1. The maximum Gasteiger partial charge on any atom is 0.322 e. The number of morpholine rings is 1. The van der Waals surface area contributed by atoms with E-state index in [0.29, 0.717) is 37.6 Å². The zero-order valence-electron chi connectivity index (χ0n) is 16.7. The molecule has 164 valence electrons. The molecule has 1 amide bonds. The molecule has 1 aliphatic rings. The van der Waals surface area contributed by atoms with Gasteiger partial charge in [-0.1, -0.05) is 23.3 Å². The third-order valence-electron chi connectivity index (χ3n) is 5.01. The van der Waals surface area contributed by atoms with Gasteiger partial charge in [-0.3, -0.25) is 10.1 Å². The summed E-state index contributed by atoms with van der Waals surface area (Å²) in [5.74, 6) is 0.000417. The number of carbonyl (C=O) groups is 1. The molecule has 3 heterocycles. The van der Waals surface area contributed by atoms with E-state index in [1.807, 2.05) is 24.3 Å². The van der Waals surface area contributed by atoms with Crippen LogP contribution < -0.4 is 5.32 Å². The van der Waals surface area contributed by atoms with Gasteiger partial charge in [0, 0.05) is 24.0 Å². The Kier molecular flexibility index (Phi) is 5.21. The summed E-state index contributed by atoms with van der Waals surface area (Å²) in [6.45, 7) is 1.32. The number of sulfonamides is 1. The Morgan fingerprint density at radius 3 is 2.47 bits per heavy atom. The van der Waals surface area contributed by atoms with Crippen LogP contribution in [0.25, 0.3) is 22.6 Å². The van der Waals surface area contributed by atoms with Crippen molar-refractivity contribution in [1.82, 2.24) is 14.5 Å². The maximum absolute atomic E-state index is 12.7. The average molecular weight is 454 g/mol. The number of amides is 1. The van der Waals surface area contributed by atoms with Crippen molar-refractivity contribution in [2.45, 2.75) is 4.90 Å². The van der Waals surface area contributed by atoms with Crippen LogP contribution in [0, 0.1) is 0 Å². The number of rotatable bonds is 5. The first-order valence-corrected chi connectivity index (χ1v) is 11.3. The molecule has 10 nitrogen and oxygen atoms in total. The average Bonchev–Trinajstić information content (AvgIpc) is 3.46. The monoisotopic (exact) mass is 454 g/mol. The lowest BCUT2D eigenvalue weighted by molar-refractivity contribution is 0.0730. The van der Waals surface area contributed by atoms with Gasteiger partial charge in [-0.15, -0.1) is 5.10 Å². The van der Waals surface area contributed by atoms with Gasteiger partial charge in [0.25, 0.3) is 11.8 Å². The fraction of sp³-hybridized carbons (Fsp3) is 0.190. The molecule has 0 bridgehead atoms. The molecule has 4 aromatic rings. The van der Waals surface area contributed by atoms with Crippen molar-refractivity contribution in [1.29, 1.82) is 0 Å². The Morgan fingerprint density at radius 2 is 1.72 bits per heavy atom. The van der Waals surface area contributed by atoms with Crippen molar-refractivity contribution < 1.29 is 26.8 Å². The van der Waals surface area contributed by atoms with Gasteiger partial charge in [-0.05, 0) is 36.4 Å². The lowest BCUT2D eigenvalue weighted by atomic mass is 10.2. The number of nitrogens with one attached hydrogen (secondary N) is 1. The molecule has 0 saturated carbocycles. The van der Waals surface area contributed by atoms with Gasteiger partial charge in [0.15, 0.2) is 5.76 Å². The SMILES string of the molecule is O=C(Nc1nnc(-c2cc3ccccc3o2)o1)c1ccc(S(=O)(=O)N2CCOCC2)cc1. The smallest absolute Gasteiger partial charge is 0.322 e. The Morgan fingerprint density at radius 1 is 0.969 bits per heavy atom. The summed E-state index contributed by atoms with van der Waals surface area (Å²) >= 11 is 0. The second-order valence-electron chi connectivity index (χ2n) is 7.06. The fourth-order valence-corrected chi connectivity index (χ4v) is 4.75. The number of nitrogens with zero attached hydrogens (tertiary/aromatic N) is 3. The predicted octanol–water partition coefficient (Wildman–Crippen LogP) is 2.76. The molecule has 1 fully saturated rings. The van der Waals surface area contributed by atoms with E-state index in [1.54, 1.807) is 6.07 Å². The van der Waals surface area contributed by atoms with Crippen LogP contribution >= 0.6 is 0 Å². The molecule has 5 rings (SSSR count). The van der Waals surface area contributed by atoms with Crippen LogP contribution in [0.3, 0.4) is 0 Å². The number of benzene rings is 2. The predicted molar refractivity (Wildman–Crippen MR) is 113 cm³/mol. The van der Waals surface area contributed by atoms with Crippen molar-refractivity contribution in [3.05, 3.63) is 60.2 Å². The number of anilines is 1. The van der Waals surface area contributed by atoms with Crippen molar-refractivity contribution in [3.63, 3.8) is 0 Å². The molecular formula is C21H18N4O6S. The number of hydrogen-bond acceptors (Lipinski definition) is 8. The van der Waals surface area contributed by atoms with E-state index in [9.17, 15) is 13.2 Å². The molecule has 1 aliphatic heterocycles. The number of furan rings is 1. The summed E-state index contributed by atoms with van der Waals surface area (Å²) in [6.07, 6.45) is 0. The molecule has 2 aromatic carbocycles. The summed E-state index contributed by atoms with van der Waals surface area (Å²) < 4.78 is 43.1. The van der Waals surface area contributed by atoms with Gasteiger partial charge in [-0.25, -0.2) is 8.42 Å². The largest absolute Gasteiger partial charge is 0.451 e. The summed E-state index contributed by atoms with van der Waals surface area (Å²) in [7, 11) is -3.63. The van der Waals surface area contributed by atoms with E-state index < -0.39 is 15.9 Å².